The molecule has 0 radical (unpaired) electrons. The zero-order valence-corrected chi connectivity index (χ0v) is 25.6. The highest BCUT2D eigenvalue weighted by Crippen LogP contribution is 2.40. The fourth-order valence-electron chi connectivity index (χ4n) is 3.52. The molecule has 0 spiro atoms. The molecule has 42 heavy (non-hydrogen) atoms. The zero-order chi connectivity index (χ0) is 30.3. The van der Waals surface area contributed by atoms with Crippen molar-refractivity contribution < 1.29 is 27.4 Å². The molecule has 0 saturated heterocycles. The van der Waals surface area contributed by atoms with Gasteiger partial charge in [-0.1, -0.05) is 45.0 Å². The molecule has 0 aliphatic rings. The van der Waals surface area contributed by atoms with Gasteiger partial charge in [0.2, 0.25) is 11.6 Å². The number of hydrogen-bond acceptors (Lipinski definition) is 11. The van der Waals surface area contributed by atoms with Crippen molar-refractivity contribution in [2.24, 2.45) is 0 Å². The van der Waals surface area contributed by atoms with Gasteiger partial charge in [-0.05, 0) is 51.2 Å². The van der Waals surface area contributed by atoms with E-state index in [0.717, 1.165) is 5.56 Å². The van der Waals surface area contributed by atoms with E-state index in [1.54, 1.807) is 36.4 Å². The molecule has 0 atom stereocenters. The van der Waals surface area contributed by atoms with E-state index < -0.39 is 10.0 Å². The fourth-order valence-corrected chi connectivity index (χ4v) is 4.73. The van der Waals surface area contributed by atoms with E-state index >= 15 is 0 Å². The number of hydrogen-bond donors (Lipinski definition) is 1. The minimum absolute atomic E-state index is 0.00278. The maximum atomic E-state index is 13.4. The summed E-state index contributed by atoms with van der Waals surface area (Å²) in [6.07, 6.45) is 3.06. The number of anilines is 1. The number of nitrogens with one attached hydrogen (secondary N) is 1. The molecule has 1 N–H and O–H groups in total. The lowest BCUT2D eigenvalue weighted by atomic mass is 9.87. The molecule has 0 amide bonds. The summed E-state index contributed by atoms with van der Waals surface area (Å²) in [4.78, 5) is 16.2. The lowest BCUT2D eigenvalue weighted by Gasteiger charge is -2.19. The second kappa shape index (κ2) is 13.0. The predicted octanol–water partition coefficient (Wildman–Crippen LogP) is 5.26. The van der Waals surface area contributed by atoms with Crippen LogP contribution in [0.1, 0.15) is 32.2 Å². The van der Waals surface area contributed by atoms with Crippen LogP contribution in [0.15, 0.2) is 70.3 Å². The van der Waals surface area contributed by atoms with Crippen LogP contribution in [-0.4, -0.2) is 48.7 Å². The average molecular weight is 656 g/mol. The topological polar surface area (TPSA) is 158 Å². The number of sulfonamides is 1. The molecule has 2 aromatic heterocycles. The highest BCUT2D eigenvalue weighted by atomic mass is 79.9. The molecule has 0 aliphatic carbocycles. The van der Waals surface area contributed by atoms with Gasteiger partial charge in [-0.3, -0.25) is 4.72 Å². The van der Waals surface area contributed by atoms with Gasteiger partial charge in [0.05, 0.1) is 16.5 Å². The van der Waals surface area contributed by atoms with Gasteiger partial charge in [-0.15, -0.1) is 0 Å². The lowest BCUT2D eigenvalue weighted by Crippen LogP contribution is -2.18. The summed E-state index contributed by atoms with van der Waals surface area (Å²) in [6, 6.07) is 15.1. The number of nitriles is 1. The van der Waals surface area contributed by atoms with Crippen molar-refractivity contribution in [2.45, 2.75) is 31.1 Å². The molecule has 2 heterocycles. The second-order valence-electron chi connectivity index (χ2n) is 9.66. The zero-order valence-electron chi connectivity index (χ0n) is 23.2. The predicted molar refractivity (Wildman–Crippen MR) is 156 cm³/mol. The Balaban J connectivity index is 1.68. The number of rotatable bonds is 11. The molecular weight excluding hydrogens is 628 g/mol. The van der Waals surface area contributed by atoms with E-state index in [4.69, 9.17) is 18.9 Å². The van der Waals surface area contributed by atoms with E-state index in [2.05, 4.69) is 40.6 Å². The number of halogens is 1. The maximum Gasteiger partial charge on any atom is 0.316 e. The van der Waals surface area contributed by atoms with Gasteiger partial charge in [-0.25, -0.2) is 18.4 Å². The van der Waals surface area contributed by atoms with Crippen molar-refractivity contribution in [3.05, 3.63) is 76.8 Å². The molecule has 4 aromatic rings. The highest BCUT2D eigenvalue weighted by Gasteiger charge is 2.25. The standard InChI is InChI=1S/C28H27BrN6O6S/c1-28(2,3)18-9-11-20(12-10-18)42(36,37)35-25-24(41-22-8-6-5-7-21(22)38-4)26(34-23(15-30)33-25)39-13-14-40-27-31-16-19(29)17-32-27/h5-12,16-17H,13-14H2,1-4H3,(H,33,34,35). The van der Waals surface area contributed by atoms with Crippen LogP contribution in [0.3, 0.4) is 0 Å². The van der Waals surface area contributed by atoms with Gasteiger partial charge in [0.15, 0.2) is 17.3 Å². The average Bonchev–Trinajstić information content (AvgIpc) is 2.97. The highest BCUT2D eigenvalue weighted by molar-refractivity contribution is 9.10. The van der Waals surface area contributed by atoms with E-state index in [1.165, 1.54) is 31.6 Å². The minimum atomic E-state index is -4.17. The van der Waals surface area contributed by atoms with Crippen LogP contribution in [-0.2, 0) is 15.4 Å². The van der Waals surface area contributed by atoms with E-state index in [9.17, 15) is 13.7 Å². The molecule has 0 fully saturated rings. The summed E-state index contributed by atoms with van der Waals surface area (Å²) in [6.45, 7) is 6.00. The van der Waals surface area contributed by atoms with Crippen LogP contribution in [0.4, 0.5) is 5.82 Å². The Kier molecular flexibility index (Phi) is 9.44. The molecule has 14 heteroatoms. The third-order valence-electron chi connectivity index (χ3n) is 5.63. The third-order valence-corrected chi connectivity index (χ3v) is 7.39. The first-order valence-electron chi connectivity index (χ1n) is 12.5. The maximum absolute atomic E-state index is 13.4. The molecular formula is C28H27BrN6O6S. The Hall–Kier alpha value is -4.48. The van der Waals surface area contributed by atoms with E-state index in [-0.39, 0.29) is 58.6 Å². The van der Waals surface area contributed by atoms with Crippen molar-refractivity contribution in [1.82, 2.24) is 19.9 Å². The summed E-state index contributed by atoms with van der Waals surface area (Å²) in [5.41, 5.74) is 0.793. The van der Waals surface area contributed by atoms with Crippen LogP contribution in [0.2, 0.25) is 0 Å². The third kappa shape index (κ3) is 7.62. The van der Waals surface area contributed by atoms with Crippen LogP contribution in [0, 0.1) is 11.3 Å². The summed E-state index contributed by atoms with van der Waals surface area (Å²) >= 11 is 3.25. The molecule has 4 rings (SSSR count). The molecule has 0 saturated carbocycles. The Morgan fingerprint density at radius 1 is 0.952 bits per heavy atom. The first-order chi connectivity index (χ1) is 20.0. The van der Waals surface area contributed by atoms with Crippen LogP contribution < -0.4 is 23.7 Å². The Morgan fingerprint density at radius 3 is 2.21 bits per heavy atom. The van der Waals surface area contributed by atoms with Gasteiger partial charge in [0.1, 0.15) is 19.3 Å². The number of aromatic nitrogens is 4. The number of benzene rings is 2. The van der Waals surface area contributed by atoms with E-state index in [1.807, 2.05) is 26.8 Å². The Morgan fingerprint density at radius 2 is 1.60 bits per heavy atom. The van der Waals surface area contributed by atoms with Gasteiger partial charge >= 0.3 is 6.01 Å². The van der Waals surface area contributed by atoms with Gasteiger partial charge < -0.3 is 18.9 Å². The number of nitrogens with zero attached hydrogens (tertiary/aromatic N) is 5. The quantitative estimate of drug-likeness (QED) is 0.210. The number of methoxy groups -OCH3 is 1. The van der Waals surface area contributed by atoms with Crippen LogP contribution in [0.25, 0.3) is 0 Å². The van der Waals surface area contributed by atoms with Crippen LogP contribution in [0.5, 0.6) is 29.1 Å². The summed E-state index contributed by atoms with van der Waals surface area (Å²) in [5.74, 6) is -0.459. The SMILES string of the molecule is COc1ccccc1Oc1c(NS(=O)(=O)c2ccc(C(C)(C)C)cc2)nc(C#N)nc1OCCOc1ncc(Br)cn1. The first kappa shape index (κ1) is 30.5. The molecule has 2 aromatic carbocycles. The van der Waals surface area contributed by atoms with Gasteiger partial charge in [-0.2, -0.15) is 15.2 Å². The molecule has 0 bridgehead atoms. The molecule has 0 aliphatic heterocycles. The van der Waals surface area contributed by atoms with E-state index in [0.29, 0.717) is 10.2 Å². The molecule has 0 unspecified atom stereocenters. The largest absolute Gasteiger partial charge is 0.493 e. The van der Waals surface area contributed by atoms with Crippen molar-refractivity contribution in [2.75, 3.05) is 25.0 Å². The van der Waals surface area contributed by atoms with Gasteiger partial charge in [0, 0.05) is 12.4 Å². The summed E-state index contributed by atoms with van der Waals surface area (Å²) in [7, 11) is -2.71. The van der Waals surface area contributed by atoms with Crippen molar-refractivity contribution in [3.8, 4) is 35.2 Å². The number of ether oxygens (including phenoxy) is 4. The van der Waals surface area contributed by atoms with Crippen molar-refractivity contribution >= 4 is 31.8 Å². The monoisotopic (exact) mass is 654 g/mol. The lowest BCUT2D eigenvalue weighted by molar-refractivity contribution is 0.197. The Bertz CT molecular complexity index is 1690. The normalized spacial score (nSPS) is 11.3. The summed E-state index contributed by atoms with van der Waals surface area (Å²) < 4.78 is 52.7. The van der Waals surface area contributed by atoms with Crippen molar-refractivity contribution in [3.63, 3.8) is 0 Å². The second-order valence-corrected chi connectivity index (χ2v) is 12.3. The smallest absolute Gasteiger partial charge is 0.316 e. The Labute approximate surface area is 251 Å². The van der Waals surface area contributed by atoms with Crippen molar-refractivity contribution in [1.29, 1.82) is 5.26 Å². The molecule has 12 nitrogen and oxygen atoms in total. The number of para-hydroxylation sites is 2. The fraction of sp³-hybridized carbons (Fsp3) is 0.250. The van der Waals surface area contributed by atoms with Gasteiger partial charge in [0.25, 0.3) is 15.9 Å². The summed E-state index contributed by atoms with van der Waals surface area (Å²) in [5, 5.41) is 9.60. The minimum Gasteiger partial charge on any atom is -0.493 e. The molecule has 218 valence electrons. The first-order valence-corrected chi connectivity index (χ1v) is 14.8. The van der Waals surface area contributed by atoms with Crippen LogP contribution >= 0.6 is 15.9 Å².